The quantitative estimate of drug-likeness (QED) is 0.750. The van der Waals surface area contributed by atoms with Crippen LogP contribution in [0, 0.1) is 0 Å². The minimum absolute atomic E-state index is 0.477. The van der Waals surface area contributed by atoms with Gasteiger partial charge >= 0.3 is 0 Å². The summed E-state index contributed by atoms with van der Waals surface area (Å²) in [5, 5.41) is 3.27. The molecule has 0 radical (unpaired) electrons. The number of ether oxygens (including phenoxy) is 2. The molecule has 1 aromatic heterocycles. The molecule has 4 nitrogen and oxygen atoms in total. The van der Waals surface area contributed by atoms with Gasteiger partial charge in [-0.05, 0) is 24.7 Å². The third-order valence-electron chi connectivity index (χ3n) is 2.75. The van der Waals surface area contributed by atoms with Crippen molar-refractivity contribution in [2.45, 2.75) is 13.5 Å². The molecule has 0 saturated heterocycles. The molecule has 1 heterocycles. The summed E-state index contributed by atoms with van der Waals surface area (Å²) in [6, 6.07) is 13.6. The molecule has 106 valence electrons. The van der Waals surface area contributed by atoms with E-state index in [-0.39, 0.29) is 0 Å². The molecular weight excluding hydrogens is 252 g/mol. The van der Waals surface area contributed by atoms with E-state index in [2.05, 4.69) is 17.2 Å². The van der Waals surface area contributed by atoms with Crippen LogP contribution in [0.4, 0.5) is 0 Å². The highest BCUT2D eigenvalue weighted by molar-refractivity contribution is 5.25. The van der Waals surface area contributed by atoms with E-state index in [4.69, 9.17) is 9.47 Å². The minimum Gasteiger partial charge on any atom is -0.490 e. The Balaban J connectivity index is 1.79. The van der Waals surface area contributed by atoms with Crippen molar-refractivity contribution in [1.82, 2.24) is 10.3 Å². The number of rotatable bonds is 8. The summed E-state index contributed by atoms with van der Waals surface area (Å²) in [5.74, 6) is 1.52. The second kappa shape index (κ2) is 8.17. The molecule has 20 heavy (non-hydrogen) atoms. The van der Waals surface area contributed by atoms with Gasteiger partial charge in [0.1, 0.15) is 19.0 Å². The third kappa shape index (κ3) is 4.55. The van der Waals surface area contributed by atoms with Gasteiger partial charge in [0.25, 0.3) is 0 Å². The smallest absolute Gasteiger partial charge is 0.217 e. The van der Waals surface area contributed by atoms with Crippen LogP contribution in [0.15, 0.2) is 48.7 Å². The standard InChI is InChI=1S/C16H20N2O2/c1-2-17-13-14-7-6-10-18-16(14)20-12-11-19-15-8-4-3-5-9-15/h3-10,17H,2,11-13H2,1H3. The van der Waals surface area contributed by atoms with Gasteiger partial charge in [0.15, 0.2) is 0 Å². The maximum atomic E-state index is 5.68. The third-order valence-corrected chi connectivity index (χ3v) is 2.75. The van der Waals surface area contributed by atoms with Gasteiger partial charge in [-0.1, -0.05) is 31.2 Å². The molecule has 0 saturated carbocycles. The summed E-state index contributed by atoms with van der Waals surface area (Å²) in [7, 11) is 0. The average molecular weight is 272 g/mol. The number of hydrogen-bond acceptors (Lipinski definition) is 4. The molecular formula is C16H20N2O2. The monoisotopic (exact) mass is 272 g/mol. The van der Waals surface area contributed by atoms with Crippen LogP contribution in [0.1, 0.15) is 12.5 Å². The fraction of sp³-hybridized carbons (Fsp3) is 0.312. The van der Waals surface area contributed by atoms with Gasteiger partial charge in [0, 0.05) is 18.3 Å². The lowest BCUT2D eigenvalue weighted by atomic mass is 10.2. The van der Waals surface area contributed by atoms with Crippen molar-refractivity contribution < 1.29 is 9.47 Å². The van der Waals surface area contributed by atoms with Gasteiger partial charge in [-0.25, -0.2) is 4.98 Å². The maximum Gasteiger partial charge on any atom is 0.217 e. The number of benzene rings is 1. The molecule has 0 fully saturated rings. The Morgan fingerprint density at radius 1 is 1.00 bits per heavy atom. The summed E-state index contributed by atoms with van der Waals surface area (Å²) >= 11 is 0. The Bertz CT molecular complexity index is 503. The van der Waals surface area contributed by atoms with Crippen molar-refractivity contribution in [2.75, 3.05) is 19.8 Å². The zero-order chi connectivity index (χ0) is 14.0. The maximum absolute atomic E-state index is 5.68. The molecule has 1 aromatic carbocycles. The van der Waals surface area contributed by atoms with E-state index in [0.29, 0.717) is 19.1 Å². The summed E-state index contributed by atoms with van der Waals surface area (Å²) in [4.78, 5) is 4.26. The molecule has 2 rings (SSSR count). The summed E-state index contributed by atoms with van der Waals surface area (Å²) in [6.45, 7) is 4.74. The van der Waals surface area contributed by atoms with Crippen LogP contribution in [0.25, 0.3) is 0 Å². The number of para-hydroxylation sites is 1. The Kier molecular flexibility index (Phi) is 5.86. The molecule has 0 spiro atoms. The minimum atomic E-state index is 0.477. The lowest BCUT2D eigenvalue weighted by Crippen LogP contribution is -2.15. The van der Waals surface area contributed by atoms with Crippen molar-refractivity contribution in [3.8, 4) is 11.6 Å². The van der Waals surface area contributed by atoms with E-state index in [1.165, 1.54) is 0 Å². The molecule has 0 amide bonds. The fourth-order valence-electron chi connectivity index (χ4n) is 1.76. The Labute approximate surface area is 119 Å². The molecule has 0 aliphatic rings. The van der Waals surface area contributed by atoms with Crippen molar-refractivity contribution in [3.63, 3.8) is 0 Å². The van der Waals surface area contributed by atoms with E-state index in [1.54, 1.807) is 6.20 Å². The van der Waals surface area contributed by atoms with Crippen molar-refractivity contribution >= 4 is 0 Å². The first kappa shape index (κ1) is 14.3. The zero-order valence-corrected chi connectivity index (χ0v) is 11.7. The Hall–Kier alpha value is -2.07. The van der Waals surface area contributed by atoms with Gasteiger partial charge in [0.2, 0.25) is 5.88 Å². The largest absolute Gasteiger partial charge is 0.490 e. The predicted octanol–water partition coefficient (Wildman–Crippen LogP) is 2.65. The predicted molar refractivity (Wildman–Crippen MR) is 79.0 cm³/mol. The summed E-state index contributed by atoms with van der Waals surface area (Å²) < 4.78 is 11.3. The van der Waals surface area contributed by atoms with E-state index >= 15 is 0 Å². The Morgan fingerprint density at radius 2 is 1.80 bits per heavy atom. The number of hydrogen-bond donors (Lipinski definition) is 1. The van der Waals surface area contributed by atoms with Gasteiger partial charge in [-0.3, -0.25) is 0 Å². The fourth-order valence-corrected chi connectivity index (χ4v) is 1.76. The average Bonchev–Trinajstić information content (AvgIpc) is 2.51. The van der Waals surface area contributed by atoms with Crippen LogP contribution in [0.2, 0.25) is 0 Å². The van der Waals surface area contributed by atoms with E-state index in [9.17, 15) is 0 Å². The highest BCUT2D eigenvalue weighted by Gasteiger charge is 2.03. The van der Waals surface area contributed by atoms with E-state index < -0.39 is 0 Å². The molecule has 2 aromatic rings. The zero-order valence-electron chi connectivity index (χ0n) is 11.7. The van der Waals surface area contributed by atoms with Crippen LogP contribution >= 0.6 is 0 Å². The highest BCUT2D eigenvalue weighted by Crippen LogP contribution is 2.14. The van der Waals surface area contributed by atoms with Crippen LogP contribution in [-0.4, -0.2) is 24.7 Å². The first-order valence-corrected chi connectivity index (χ1v) is 6.85. The summed E-state index contributed by atoms with van der Waals surface area (Å²) in [5.41, 5.74) is 1.06. The van der Waals surface area contributed by atoms with Crippen molar-refractivity contribution in [2.24, 2.45) is 0 Å². The molecule has 4 heteroatoms. The van der Waals surface area contributed by atoms with Crippen molar-refractivity contribution in [1.29, 1.82) is 0 Å². The van der Waals surface area contributed by atoms with Crippen LogP contribution in [-0.2, 0) is 6.54 Å². The number of nitrogens with one attached hydrogen (secondary N) is 1. The number of aromatic nitrogens is 1. The molecule has 0 aliphatic carbocycles. The lowest BCUT2D eigenvalue weighted by Gasteiger charge is -2.11. The second-order valence-electron chi connectivity index (χ2n) is 4.26. The van der Waals surface area contributed by atoms with Gasteiger partial charge < -0.3 is 14.8 Å². The topological polar surface area (TPSA) is 43.4 Å². The molecule has 0 unspecified atom stereocenters. The molecule has 1 N–H and O–H groups in total. The second-order valence-corrected chi connectivity index (χ2v) is 4.26. The normalized spacial score (nSPS) is 10.2. The van der Waals surface area contributed by atoms with Gasteiger partial charge in [0.05, 0.1) is 0 Å². The van der Waals surface area contributed by atoms with E-state index in [0.717, 1.165) is 24.4 Å². The number of nitrogens with zero attached hydrogens (tertiary/aromatic N) is 1. The van der Waals surface area contributed by atoms with E-state index in [1.807, 2.05) is 42.5 Å². The van der Waals surface area contributed by atoms with Crippen molar-refractivity contribution in [3.05, 3.63) is 54.2 Å². The number of pyridine rings is 1. The first-order valence-electron chi connectivity index (χ1n) is 6.85. The van der Waals surface area contributed by atoms with Gasteiger partial charge in [-0.2, -0.15) is 0 Å². The first-order chi connectivity index (χ1) is 9.90. The van der Waals surface area contributed by atoms with Crippen LogP contribution < -0.4 is 14.8 Å². The Morgan fingerprint density at radius 3 is 2.60 bits per heavy atom. The molecule has 0 atom stereocenters. The van der Waals surface area contributed by atoms with Crippen LogP contribution in [0.3, 0.4) is 0 Å². The lowest BCUT2D eigenvalue weighted by molar-refractivity contribution is 0.210. The van der Waals surface area contributed by atoms with Gasteiger partial charge in [-0.15, -0.1) is 0 Å². The summed E-state index contributed by atoms with van der Waals surface area (Å²) in [6.07, 6.45) is 1.74. The van der Waals surface area contributed by atoms with Crippen LogP contribution in [0.5, 0.6) is 11.6 Å². The SMILES string of the molecule is CCNCc1cccnc1OCCOc1ccccc1. The molecule has 0 bridgehead atoms. The molecule has 0 aliphatic heterocycles. The highest BCUT2D eigenvalue weighted by atomic mass is 16.5.